The van der Waals surface area contributed by atoms with E-state index in [4.69, 9.17) is 0 Å². The fraction of sp³-hybridized carbons (Fsp3) is 0.226. The molecule has 43 heavy (non-hydrogen) atoms. The van der Waals surface area contributed by atoms with Gasteiger partial charge in [0, 0.05) is 17.6 Å². The van der Waals surface area contributed by atoms with E-state index in [1.165, 1.54) is 43.3 Å². The highest BCUT2D eigenvalue weighted by Crippen LogP contribution is 2.41. The SMILES string of the molecule is Cc1ccc(NCC(Cc2ccccc2)(c2cccc(OC(F)(F)F)c2)c2cccc(OC(F)(F)F)c2)cc1C(F)(F)F. The standard InChI is InChI=1S/C31H24F9NO2/c1-20-13-14-24(17-27(20)29(32,33)34)41-19-28(18-21-7-3-2-4-8-21,22-9-5-11-25(15-22)42-30(35,36)37)23-10-6-12-26(16-23)43-31(38,39)40/h2-17,41H,18-19H2,1H3. The second-order valence-corrected chi connectivity index (χ2v) is 9.78. The Morgan fingerprint density at radius 3 is 1.63 bits per heavy atom. The van der Waals surface area contributed by atoms with Gasteiger partial charge in [0.1, 0.15) is 11.5 Å². The first-order valence-electron chi connectivity index (χ1n) is 12.7. The second kappa shape index (κ2) is 12.1. The summed E-state index contributed by atoms with van der Waals surface area (Å²) in [7, 11) is 0. The Bertz CT molecular complexity index is 1470. The van der Waals surface area contributed by atoms with Crippen LogP contribution in [-0.4, -0.2) is 19.3 Å². The molecule has 0 amide bonds. The summed E-state index contributed by atoms with van der Waals surface area (Å²) in [4.78, 5) is 0. The summed E-state index contributed by atoms with van der Waals surface area (Å²) in [5.74, 6) is -1.17. The van der Waals surface area contributed by atoms with Crippen LogP contribution in [-0.2, 0) is 18.0 Å². The summed E-state index contributed by atoms with van der Waals surface area (Å²) in [5.41, 5.74) is -1.29. The van der Waals surface area contributed by atoms with Crippen molar-refractivity contribution in [1.29, 1.82) is 0 Å². The molecule has 0 aliphatic heterocycles. The van der Waals surface area contributed by atoms with E-state index in [1.54, 1.807) is 30.3 Å². The van der Waals surface area contributed by atoms with Gasteiger partial charge in [0.05, 0.1) is 5.56 Å². The van der Waals surface area contributed by atoms with Crippen molar-refractivity contribution in [2.45, 2.75) is 37.7 Å². The number of rotatable bonds is 9. The summed E-state index contributed by atoms with van der Waals surface area (Å²) in [5, 5.41) is 2.95. The van der Waals surface area contributed by atoms with Crippen molar-refractivity contribution in [3.05, 3.63) is 125 Å². The fourth-order valence-corrected chi connectivity index (χ4v) is 4.85. The lowest BCUT2D eigenvalue weighted by molar-refractivity contribution is -0.275. The van der Waals surface area contributed by atoms with Crippen molar-refractivity contribution in [1.82, 2.24) is 0 Å². The van der Waals surface area contributed by atoms with Gasteiger partial charge in [-0.1, -0.05) is 60.7 Å². The van der Waals surface area contributed by atoms with Crippen LogP contribution in [0.3, 0.4) is 0 Å². The van der Waals surface area contributed by atoms with Crippen molar-refractivity contribution in [2.75, 3.05) is 11.9 Å². The molecule has 1 N–H and O–H groups in total. The van der Waals surface area contributed by atoms with Gasteiger partial charge in [0.15, 0.2) is 0 Å². The van der Waals surface area contributed by atoms with Gasteiger partial charge in [0.25, 0.3) is 0 Å². The van der Waals surface area contributed by atoms with E-state index in [2.05, 4.69) is 14.8 Å². The number of anilines is 1. The van der Waals surface area contributed by atoms with Gasteiger partial charge < -0.3 is 14.8 Å². The van der Waals surface area contributed by atoms with Crippen molar-refractivity contribution < 1.29 is 49.0 Å². The molecule has 0 heterocycles. The van der Waals surface area contributed by atoms with E-state index in [-0.39, 0.29) is 35.3 Å². The number of benzene rings is 4. The van der Waals surface area contributed by atoms with Gasteiger partial charge in [-0.05, 0) is 72.0 Å². The third kappa shape index (κ3) is 8.36. The zero-order valence-electron chi connectivity index (χ0n) is 22.4. The van der Waals surface area contributed by atoms with E-state index in [9.17, 15) is 39.5 Å². The summed E-state index contributed by atoms with van der Waals surface area (Å²) < 4.78 is 128. The van der Waals surface area contributed by atoms with Crippen molar-refractivity contribution >= 4 is 5.69 Å². The highest BCUT2D eigenvalue weighted by atomic mass is 19.4. The molecule has 0 atom stereocenters. The van der Waals surface area contributed by atoms with Gasteiger partial charge in [-0.25, -0.2) is 0 Å². The molecule has 0 aliphatic rings. The lowest BCUT2D eigenvalue weighted by Gasteiger charge is -2.37. The molecule has 12 heteroatoms. The average Bonchev–Trinajstić information content (AvgIpc) is 2.90. The molecule has 4 aromatic carbocycles. The first kappa shape index (κ1) is 31.6. The van der Waals surface area contributed by atoms with E-state index in [0.717, 1.165) is 30.3 Å². The Hall–Kier alpha value is -4.35. The lowest BCUT2D eigenvalue weighted by atomic mass is 9.70. The minimum atomic E-state index is -5.03. The van der Waals surface area contributed by atoms with Crippen LogP contribution in [0.15, 0.2) is 97.1 Å². The number of hydrogen-bond acceptors (Lipinski definition) is 3. The maximum atomic E-state index is 13.6. The summed E-state index contributed by atoms with van der Waals surface area (Å²) >= 11 is 0. The van der Waals surface area contributed by atoms with Gasteiger partial charge >= 0.3 is 18.9 Å². The van der Waals surface area contributed by atoms with E-state index in [1.807, 2.05) is 0 Å². The number of ether oxygens (including phenoxy) is 2. The monoisotopic (exact) mass is 613 g/mol. The Labute approximate surface area is 240 Å². The van der Waals surface area contributed by atoms with Crippen LogP contribution >= 0.6 is 0 Å². The third-order valence-electron chi connectivity index (χ3n) is 6.73. The maximum Gasteiger partial charge on any atom is 0.573 e. The summed E-state index contributed by atoms with van der Waals surface area (Å²) in [6.07, 6.45) is -14.7. The highest BCUT2D eigenvalue weighted by Gasteiger charge is 2.39. The average molecular weight is 614 g/mol. The smallest absolute Gasteiger partial charge is 0.406 e. The Morgan fingerprint density at radius 1 is 0.605 bits per heavy atom. The van der Waals surface area contributed by atoms with Gasteiger partial charge in [-0.3, -0.25) is 0 Å². The fourth-order valence-electron chi connectivity index (χ4n) is 4.85. The summed E-state index contributed by atoms with van der Waals surface area (Å²) in [6, 6.07) is 22.0. The van der Waals surface area contributed by atoms with Crippen LogP contribution in [0.2, 0.25) is 0 Å². The molecule has 0 saturated carbocycles. The molecular weight excluding hydrogens is 589 g/mol. The molecule has 0 bridgehead atoms. The predicted molar refractivity (Wildman–Crippen MR) is 142 cm³/mol. The summed E-state index contributed by atoms with van der Waals surface area (Å²) in [6.45, 7) is 1.05. The number of alkyl halides is 9. The molecule has 228 valence electrons. The van der Waals surface area contributed by atoms with E-state index >= 15 is 0 Å². The molecule has 0 aromatic heterocycles. The first-order chi connectivity index (χ1) is 20.0. The van der Waals surface area contributed by atoms with Crippen LogP contribution in [0, 0.1) is 6.92 Å². The molecule has 0 fully saturated rings. The number of nitrogens with one attached hydrogen (secondary N) is 1. The minimum absolute atomic E-state index is 0.0176. The van der Waals surface area contributed by atoms with Crippen molar-refractivity contribution in [3.8, 4) is 11.5 Å². The Balaban J connectivity index is 1.91. The van der Waals surface area contributed by atoms with Gasteiger partial charge in [0.2, 0.25) is 0 Å². The quantitative estimate of drug-likeness (QED) is 0.191. The van der Waals surface area contributed by atoms with Gasteiger partial charge in [-0.15, -0.1) is 26.3 Å². The van der Waals surface area contributed by atoms with Crippen molar-refractivity contribution in [2.24, 2.45) is 0 Å². The topological polar surface area (TPSA) is 30.5 Å². The molecule has 0 saturated heterocycles. The molecule has 0 radical (unpaired) electrons. The lowest BCUT2D eigenvalue weighted by Crippen LogP contribution is -2.38. The Morgan fingerprint density at radius 2 is 1.14 bits per heavy atom. The third-order valence-corrected chi connectivity index (χ3v) is 6.73. The van der Waals surface area contributed by atoms with E-state index < -0.39 is 41.4 Å². The number of halogens is 9. The highest BCUT2D eigenvalue weighted by molar-refractivity contribution is 5.53. The van der Waals surface area contributed by atoms with E-state index in [0.29, 0.717) is 5.56 Å². The molecule has 0 aliphatic carbocycles. The molecular formula is C31H24F9NO2. The zero-order chi connectivity index (χ0) is 31.5. The maximum absolute atomic E-state index is 13.6. The molecule has 4 aromatic rings. The molecule has 0 spiro atoms. The van der Waals surface area contributed by atoms with Crippen LogP contribution in [0.5, 0.6) is 11.5 Å². The largest absolute Gasteiger partial charge is 0.573 e. The molecule has 3 nitrogen and oxygen atoms in total. The number of aryl methyl sites for hydroxylation is 1. The van der Waals surface area contributed by atoms with Gasteiger partial charge in [-0.2, -0.15) is 13.2 Å². The molecule has 0 unspecified atom stereocenters. The second-order valence-electron chi connectivity index (χ2n) is 9.78. The zero-order valence-corrected chi connectivity index (χ0v) is 22.4. The predicted octanol–water partition coefficient (Wildman–Crippen LogP) is 9.45. The Kier molecular flexibility index (Phi) is 8.89. The minimum Gasteiger partial charge on any atom is -0.406 e. The normalized spacial score (nSPS) is 12.6. The van der Waals surface area contributed by atoms with Crippen molar-refractivity contribution in [3.63, 3.8) is 0 Å². The molecule has 4 rings (SSSR count). The van der Waals surface area contributed by atoms with Crippen LogP contribution < -0.4 is 14.8 Å². The first-order valence-corrected chi connectivity index (χ1v) is 12.7. The van der Waals surface area contributed by atoms with Crippen LogP contribution in [0.1, 0.15) is 27.8 Å². The number of hydrogen-bond donors (Lipinski definition) is 1. The van der Waals surface area contributed by atoms with Crippen LogP contribution in [0.4, 0.5) is 45.2 Å². The van der Waals surface area contributed by atoms with Crippen LogP contribution in [0.25, 0.3) is 0 Å².